The maximum atomic E-state index is 6.33. The van der Waals surface area contributed by atoms with Gasteiger partial charge in [0.25, 0.3) is 0 Å². The van der Waals surface area contributed by atoms with Gasteiger partial charge in [0.05, 0.1) is 5.58 Å². The van der Waals surface area contributed by atoms with Crippen LogP contribution in [0.3, 0.4) is 0 Å². The molecule has 7 rings (SSSR count). The van der Waals surface area contributed by atoms with Crippen molar-refractivity contribution in [2.45, 2.75) is 44.0 Å². The number of hydrogen-bond donors (Lipinski definition) is 0. The Bertz CT molecular complexity index is 2080. The quantitative estimate of drug-likeness (QED) is 0.128. The molecule has 0 saturated heterocycles. The molecule has 0 aliphatic carbocycles. The topological polar surface area (TPSA) is 38.9 Å². The van der Waals surface area contributed by atoms with E-state index in [9.17, 15) is 0 Å². The molecule has 0 N–H and O–H groups in total. The van der Waals surface area contributed by atoms with Crippen molar-refractivity contribution in [3.8, 4) is 33.6 Å². The number of aryl methyl sites for hydroxylation is 1. The van der Waals surface area contributed by atoms with Crippen LogP contribution in [0.4, 0.5) is 0 Å². The van der Waals surface area contributed by atoms with Gasteiger partial charge in [0.2, 0.25) is 0 Å². The van der Waals surface area contributed by atoms with E-state index >= 15 is 0 Å². The Hall–Kier alpha value is -3.83. The minimum atomic E-state index is -1.77. The first kappa shape index (κ1) is 33.5. The number of aromatic nitrogens is 2. The number of benzene rings is 4. The van der Waals surface area contributed by atoms with Gasteiger partial charge in [-0.1, -0.05) is 90.7 Å². The second kappa shape index (κ2) is 14.3. The largest absolute Gasteiger partial charge is 0 e. The summed E-state index contributed by atoms with van der Waals surface area (Å²) in [7, 11) is 0. The van der Waals surface area contributed by atoms with Crippen LogP contribution in [-0.4, -0.2) is 23.2 Å². The van der Waals surface area contributed by atoms with Gasteiger partial charge in [-0.2, -0.15) is 0 Å². The number of para-hydroxylation sites is 1. The second-order valence-electron chi connectivity index (χ2n) is 12.8. The normalized spacial score (nSPS) is 11.3. The van der Waals surface area contributed by atoms with Crippen molar-refractivity contribution in [3.05, 3.63) is 139 Å². The molecule has 0 atom stereocenters. The summed E-state index contributed by atoms with van der Waals surface area (Å²) in [6.45, 7) is 6.58. The predicted octanol–water partition coefficient (Wildman–Crippen LogP) is 10.6. The Morgan fingerprint density at radius 2 is 1.52 bits per heavy atom. The summed E-state index contributed by atoms with van der Waals surface area (Å²) in [6, 6.07) is 41.8. The van der Waals surface area contributed by atoms with Crippen LogP contribution >= 0.6 is 0 Å². The van der Waals surface area contributed by atoms with Gasteiger partial charge in [-0.15, -0.1) is 12.1 Å². The maximum absolute atomic E-state index is 6.33. The third-order valence-electron chi connectivity index (χ3n) is 8.15. The van der Waals surface area contributed by atoms with E-state index in [1.54, 1.807) is 0 Å². The van der Waals surface area contributed by atoms with E-state index in [-0.39, 0.29) is 20.1 Å². The summed E-state index contributed by atoms with van der Waals surface area (Å²) in [5.41, 5.74) is 10.6. The van der Waals surface area contributed by atoms with E-state index < -0.39 is 13.3 Å². The third kappa shape index (κ3) is 7.10. The molecule has 0 amide bonds. The van der Waals surface area contributed by atoms with Crippen molar-refractivity contribution in [2.75, 3.05) is 0 Å². The molecule has 3 nitrogen and oxygen atoms in total. The number of fused-ring (bicyclic) bond motifs is 3. The van der Waals surface area contributed by atoms with Gasteiger partial charge in [-0.25, -0.2) is 0 Å². The van der Waals surface area contributed by atoms with Crippen molar-refractivity contribution in [1.29, 1.82) is 0 Å². The first-order valence-electron chi connectivity index (χ1n) is 15.5. The number of pyridine rings is 2. The first-order valence-corrected chi connectivity index (χ1v) is 22.9. The molecular formula is C41H38GeIrN2O-2. The van der Waals surface area contributed by atoms with Crippen LogP contribution in [0.5, 0.6) is 0 Å². The van der Waals surface area contributed by atoms with Gasteiger partial charge in [0.15, 0.2) is 0 Å². The minimum absolute atomic E-state index is 0. The summed E-state index contributed by atoms with van der Waals surface area (Å²) < 4.78 is 7.82. The number of rotatable bonds is 5. The molecule has 0 bridgehead atoms. The average molecular weight is 840 g/mol. The molecular weight excluding hydrogens is 801 g/mol. The van der Waals surface area contributed by atoms with Crippen molar-refractivity contribution >= 4 is 39.6 Å². The zero-order valence-corrected chi connectivity index (χ0v) is 31.7. The van der Waals surface area contributed by atoms with E-state index in [0.717, 1.165) is 55.6 Å². The molecule has 46 heavy (non-hydrogen) atoms. The molecule has 233 valence electrons. The standard InChI is InChI=1S/C26H20NO.C15H18GeN.Ir/c1-17(2)19-14-15-27-23(16-19)21-13-12-20(18-8-4-3-5-9-18)25-22-10-6-7-11-24(22)28-26(21)25;1-12-10-15(13-8-6-5-7-9-13)17-11-14(12)16(2,3)4;/h3-12,14-17H,1-2H3;5-8,10-11H,1-4H3;/q2*-1;. The maximum Gasteiger partial charge on any atom is 0 e. The van der Waals surface area contributed by atoms with E-state index in [2.05, 4.69) is 133 Å². The molecule has 3 heterocycles. The molecule has 4 aromatic carbocycles. The van der Waals surface area contributed by atoms with Gasteiger partial charge >= 0.3 is 106 Å². The molecule has 7 aromatic rings. The van der Waals surface area contributed by atoms with Crippen LogP contribution in [0, 0.1) is 19.1 Å². The zero-order chi connectivity index (χ0) is 31.6. The van der Waals surface area contributed by atoms with Crippen LogP contribution in [0.15, 0.2) is 120 Å². The fourth-order valence-corrected chi connectivity index (χ4v) is 9.37. The van der Waals surface area contributed by atoms with E-state index in [1.807, 2.05) is 42.6 Å². The Balaban J connectivity index is 0.000000200. The SMILES string of the molecule is CC(C)c1ccnc(-c2[c-]cc(-c3ccccc3)c3c2oc2ccccc23)c1.Cc1cc(-c2[c-]cccc2)nc[c]1[Ge]([CH3])([CH3])[CH3].[Ir]. The summed E-state index contributed by atoms with van der Waals surface area (Å²) in [5, 5.41) is 2.24. The summed E-state index contributed by atoms with van der Waals surface area (Å²) in [5.74, 6) is 7.64. The van der Waals surface area contributed by atoms with Crippen LogP contribution in [0.2, 0.25) is 17.3 Å². The van der Waals surface area contributed by atoms with Crippen molar-refractivity contribution in [2.24, 2.45) is 0 Å². The molecule has 0 fully saturated rings. The summed E-state index contributed by atoms with van der Waals surface area (Å²) >= 11 is -1.77. The Kier molecular flexibility index (Phi) is 10.4. The fourth-order valence-electron chi connectivity index (χ4n) is 5.79. The van der Waals surface area contributed by atoms with Gasteiger partial charge in [0, 0.05) is 31.7 Å². The Morgan fingerprint density at radius 1 is 0.783 bits per heavy atom. The van der Waals surface area contributed by atoms with Gasteiger partial charge in [0.1, 0.15) is 5.58 Å². The number of nitrogens with zero attached hydrogens (tertiary/aromatic N) is 2. The fraction of sp³-hybridized carbons (Fsp3) is 0.171. The van der Waals surface area contributed by atoms with Gasteiger partial charge in [-0.3, -0.25) is 0 Å². The van der Waals surface area contributed by atoms with Crippen LogP contribution < -0.4 is 4.40 Å². The monoisotopic (exact) mass is 841 g/mol. The molecule has 0 aliphatic rings. The molecule has 3 aromatic heterocycles. The molecule has 0 unspecified atom stereocenters. The Labute approximate surface area is 288 Å². The van der Waals surface area contributed by atoms with Gasteiger partial charge in [-0.05, 0) is 29.1 Å². The number of hydrogen-bond acceptors (Lipinski definition) is 3. The first-order chi connectivity index (χ1) is 21.7. The van der Waals surface area contributed by atoms with Gasteiger partial charge < -0.3 is 9.40 Å². The number of furan rings is 1. The van der Waals surface area contributed by atoms with Crippen molar-refractivity contribution < 1.29 is 24.5 Å². The predicted molar refractivity (Wildman–Crippen MR) is 192 cm³/mol. The average Bonchev–Trinajstić information content (AvgIpc) is 3.45. The smallest absolute Gasteiger partial charge is 0 e. The Morgan fingerprint density at radius 3 is 2.22 bits per heavy atom. The van der Waals surface area contributed by atoms with Crippen molar-refractivity contribution in [1.82, 2.24) is 9.97 Å². The zero-order valence-electron chi connectivity index (χ0n) is 27.2. The van der Waals surface area contributed by atoms with E-state index in [0.29, 0.717) is 5.92 Å². The minimum Gasteiger partial charge on any atom is 0 e. The second-order valence-corrected chi connectivity index (χ2v) is 23.4. The van der Waals surface area contributed by atoms with E-state index in [1.165, 1.54) is 15.5 Å². The molecule has 0 aliphatic heterocycles. The molecule has 0 spiro atoms. The van der Waals surface area contributed by atoms with Crippen LogP contribution in [0.25, 0.3) is 55.6 Å². The summed E-state index contributed by atoms with van der Waals surface area (Å²) in [4.78, 5) is 9.22. The third-order valence-corrected chi connectivity index (χ3v) is 12.6. The molecule has 1 radical (unpaired) electrons. The summed E-state index contributed by atoms with van der Waals surface area (Å²) in [6.07, 6.45) is 3.95. The molecule has 0 saturated carbocycles. The van der Waals surface area contributed by atoms with Crippen molar-refractivity contribution in [3.63, 3.8) is 0 Å². The van der Waals surface area contributed by atoms with Crippen LogP contribution in [0.1, 0.15) is 30.9 Å². The van der Waals surface area contributed by atoms with Crippen LogP contribution in [-0.2, 0) is 20.1 Å². The van der Waals surface area contributed by atoms with E-state index in [4.69, 9.17) is 4.42 Å². The molecule has 5 heteroatoms.